The number of hydrogen-bond donors (Lipinski definition) is 1. The molecule has 1 N–H and O–H groups in total. The van der Waals surface area contributed by atoms with Crippen molar-refractivity contribution in [2.24, 2.45) is 0 Å². The Labute approximate surface area is 127 Å². The molecular formula is C17H17F2NO2. The lowest BCUT2D eigenvalue weighted by atomic mass is 10.1. The standard InChI is InChI=1S/C17H17F2NO2/c1-10-5-4-6-16(11(10)2)22-12(3)17(21)20-15-8-7-13(18)9-14(15)19/h4-9,12H,1-3H3,(H,20,21)/t12-/m0/s1. The Bertz CT molecular complexity index is 701. The molecular weight excluding hydrogens is 288 g/mol. The highest BCUT2D eigenvalue weighted by atomic mass is 19.1. The van der Waals surface area contributed by atoms with E-state index < -0.39 is 23.6 Å². The van der Waals surface area contributed by atoms with Crippen LogP contribution in [0.5, 0.6) is 5.75 Å². The summed E-state index contributed by atoms with van der Waals surface area (Å²) in [4.78, 5) is 12.1. The van der Waals surface area contributed by atoms with E-state index in [0.717, 1.165) is 17.2 Å². The van der Waals surface area contributed by atoms with E-state index in [4.69, 9.17) is 4.74 Å². The third-order valence-electron chi connectivity index (χ3n) is 3.42. The number of carbonyl (C=O) groups excluding carboxylic acids is 1. The van der Waals surface area contributed by atoms with Crippen LogP contribution in [0.1, 0.15) is 18.1 Å². The summed E-state index contributed by atoms with van der Waals surface area (Å²) in [5.41, 5.74) is 1.91. The fourth-order valence-corrected chi connectivity index (χ4v) is 1.92. The molecule has 0 radical (unpaired) electrons. The van der Waals surface area contributed by atoms with Crippen molar-refractivity contribution in [3.63, 3.8) is 0 Å². The number of aryl methyl sites for hydroxylation is 1. The Morgan fingerprint density at radius 3 is 2.59 bits per heavy atom. The second kappa shape index (κ2) is 6.56. The zero-order chi connectivity index (χ0) is 16.3. The highest BCUT2D eigenvalue weighted by Crippen LogP contribution is 2.22. The molecule has 0 aromatic heterocycles. The van der Waals surface area contributed by atoms with E-state index in [1.54, 1.807) is 13.0 Å². The maximum Gasteiger partial charge on any atom is 0.265 e. The van der Waals surface area contributed by atoms with Gasteiger partial charge in [0.15, 0.2) is 6.10 Å². The Hall–Kier alpha value is -2.43. The molecule has 2 aromatic rings. The van der Waals surface area contributed by atoms with Crippen molar-refractivity contribution in [2.45, 2.75) is 26.9 Å². The molecule has 2 rings (SSSR count). The van der Waals surface area contributed by atoms with Crippen LogP contribution in [0.15, 0.2) is 36.4 Å². The van der Waals surface area contributed by atoms with Gasteiger partial charge in [-0.25, -0.2) is 8.78 Å². The first-order chi connectivity index (χ1) is 10.4. The molecule has 0 bridgehead atoms. The van der Waals surface area contributed by atoms with Crippen molar-refractivity contribution in [1.29, 1.82) is 0 Å². The van der Waals surface area contributed by atoms with Crippen molar-refractivity contribution in [2.75, 3.05) is 5.32 Å². The number of halogens is 2. The molecule has 22 heavy (non-hydrogen) atoms. The molecule has 0 aliphatic rings. The molecule has 0 saturated carbocycles. The molecule has 0 spiro atoms. The highest BCUT2D eigenvalue weighted by Gasteiger charge is 2.17. The number of ether oxygens (including phenoxy) is 1. The Kier molecular flexibility index (Phi) is 4.75. The predicted molar refractivity (Wildman–Crippen MR) is 81.0 cm³/mol. The summed E-state index contributed by atoms with van der Waals surface area (Å²) in [6.45, 7) is 5.41. The van der Waals surface area contributed by atoms with Gasteiger partial charge in [-0.2, -0.15) is 0 Å². The van der Waals surface area contributed by atoms with Gasteiger partial charge in [-0.15, -0.1) is 0 Å². The number of benzene rings is 2. The van der Waals surface area contributed by atoms with E-state index in [9.17, 15) is 13.6 Å². The first-order valence-electron chi connectivity index (χ1n) is 6.87. The van der Waals surface area contributed by atoms with Crippen LogP contribution in [0.25, 0.3) is 0 Å². The second-order valence-electron chi connectivity index (χ2n) is 5.07. The average Bonchev–Trinajstić information content (AvgIpc) is 2.46. The number of nitrogens with one attached hydrogen (secondary N) is 1. The van der Waals surface area contributed by atoms with Crippen molar-refractivity contribution in [3.05, 3.63) is 59.2 Å². The molecule has 0 fully saturated rings. The van der Waals surface area contributed by atoms with Gasteiger partial charge in [0.25, 0.3) is 5.91 Å². The summed E-state index contributed by atoms with van der Waals surface area (Å²) in [6.07, 6.45) is -0.815. The van der Waals surface area contributed by atoms with Gasteiger partial charge in [-0.1, -0.05) is 12.1 Å². The summed E-state index contributed by atoms with van der Waals surface area (Å²) >= 11 is 0. The minimum absolute atomic E-state index is 0.0807. The summed E-state index contributed by atoms with van der Waals surface area (Å²) in [5.74, 6) is -1.43. The molecule has 1 amide bonds. The first kappa shape index (κ1) is 15.9. The number of rotatable bonds is 4. The summed E-state index contributed by atoms with van der Waals surface area (Å²) in [6, 6.07) is 8.52. The van der Waals surface area contributed by atoms with Crippen molar-refractivity contribution in [1.82, 2.24) is 0 Å². The molecule has 0 aliphatic carbocycles. The smallest absolute Gasteiger partial charge is 0.265 e. The third kappa shape index (κ3) is 3.61. The van der Waals surface area contributed by atoms with Crippen LogP contribution in [0.4, 0.5) is 14.5 Å². The number of hydrogen-bond acceptors (Lipinski definition) is 2. The van der Waals surface area contributed by atoms with Gasteiger partial charge in [0, 0.05) is 6.07 Å². The van der Waals surface area contributed by atoms with E-state index in [-0.39, 0.29) is 5.69 Å². The maximum absolute atomic E-state index is 13.5. The maximum atomic E-state index is 13.5. The van der Waals surface area contributed by atoms with Crippen LogP contribution in [-0.4, -0.2) is 12.0 Å². The largest absolute Gasteiger partial charge is 0.481 e. The molecule has 2 aromatic carbocycles. The van der Waals surface area contributed by atoms with Crippen LogP contribution in [0, 0.1) is 25.5 Å². The number of carbonyl (C=O) groups is 1. The fourth-order valence-electron chi connectivity index (χ4n) is 1.92. The lowest BCUT2D eigenvalue weighted by molar-refractivity contribution is -0.122. The van der Waals surface area contributed by atoms with E-state index in [1.165, 1.54) is 6.07 Å². The topological polar surface area (TPSA) is 38.3 Å². The quantitative estimate of drug-likeness (QED) is 0.927. The van der Waals surface area contributed by atoms with Crippen molar-refractivity contribution in [3.8, 4) is 5.75 Å². The zero-order valence-electron chi connectivity index (χ0n) is 12.6. The number of amides is 1. The van der Waals surface area contributed by atoms with Gasteiger partial charge in [0.05, 0.1) is 5.69 Å². The van der Waals surface area contributed by atoms with Crippen LogP contribution in [-0.2, 0) is 4.79 Å². The van der Waals surface area contributed by atoms with Gasteiger partial charge < -0.3 is 10.1 Å². The van der Waals surface area contributed by atoms with E-state index in [1.807, 2.05) is 26.0 Å². The first-order valence-corrected chi connectivity index (χ1v) is 6.87. The SMILES string of the molecule is Cc1cccc(O[C@@H](C)C(=O)Nc2ccc(F)cc2F)c1C. The van der Waals surface area contributed by atoms with Crippen LogP contribution < -0.4 is 10.1 Å². The highest BCUT2D eigenvalue weighted by molar-refractivity contribution is 5.94. The van der Waals surface area contributed by atoms with Gasteiger partial charge in [0.2, 0.25) is 0 Å². The molecule has 0 saturated heterocycles. The Balaban J connectivity index is 2.07. The summed E-state index contributed by atoms with van der Waals surface area (Å²) in [7, 11) is 0. The second-order valence-corrected chi connectivity index (χ2v) is 5.07. The molecule has 5 heteroatoms. The Morgan fingerprint density at radius 2 is 1.91 bits per heavy atom. The number of anilines is 1. The predicted octanol–water partition coefficient (Wildman–Crippen LogP) is 3.99. The zero-order valence-corrected chi connectivity index (χ0v) is 12.6. The molecule has 0 heterocycles. The molecule has 3 nitrogen and oxygen atoms in total. The molecule has 1 atom stereocenters. The van der Waals surface area contributed by atoms with Crippen LogP contribution in [0.3, 0.4) is 0 Å². The van der Waals surface area contributed by atoms with Crippen molar-refractivity contribution >= 4 is 11.6 Å². The lowest BCUT2D eigenvalue weighted by Gasteiger charge is -2.17. The molecule has 116 valence electrons. The average molecular weight is 305 g/mol. The van der Waals surface area contributed by atoms with E-state index >= 15 is 0 Å². The lowest BCUT2D eigenvalue weighted by Crippen LogP contribution is -2.30. The minimum Gasteiger partial charge on any atom is -0.481 e. The summed E-state index contributed by atoms with van der Waals surface area (Å²) in [5, 5.41) is 2.39. The molecule has 0 aliphatic heterocycles. The Morgan fingerprint density at radius 1 is 1.18 bits per heavy atom. The normalized spacial score (nSPS) is 11.9. The van der Waals surface area contributed by atoms with Gasteiger partial charge in [-0.05, 0) is 50.1 Å². The van der Waals surface area contributed by atoms with Crippen LogP contribution in [0.2, 0.25) is 0 Å². The van der Waals surface area contributed by atoms with E-state index in [2.05, 4.69) is 5.32 Å². The van der Waals surface area contributed by atoms with E-state index in [0.29, 0.717) is 11.8 Å². The monoisotopic (exact) mass is 305 g/mol. The van der Waals surface area contributed by atoms with Gasteiger partial charge in [0.1, 0.15) is 17.4 Å². The molecule has 0 unspecified atom stereocenters. The van der Waals surface area contributed by atoms with Gasteiger partial charge in [-0.3, -0.25) is 4.79 Å². The van der Waals surface area contributed by atoms with Gasteiger partial charge >= 0.3 is 0 Å². The fraction of sp³-hybridized carbons (Fsp3) is 0.235. The third-order valence-corrected chi connectivity index (χ3v) is 3.42. The summed E-state index contributed by atoms with van der Waals surface area (Å²) < 4.78 is 32.0. The minimum atomic E-state index is -0.827. The van der Waals surface area contributed by atoms with Crippen LogP contribution >= 0.6 is 0 Å². The van der Waals surface area contributed by atoms with Crippen molar-refractivity contribution < 1.29 is 18.3 Å².